The van der Waals surface area contributed by atoms with Gasteiger partial charge in [-0.2, -0.15) is 0 Å². The molecule has 0 fully saturated rings. The maximum atomic E-state index is 11.7. The summed E-state index contributed by atoms with van der Waals surface area (Å²) in [5, 5.41) is 2.84. The Labute approximate surface area is 105 Å². The van der Waals surface area contributed by atoms with Crippen LogP contribution >= 0.6 is 0 Å². The topological polar surface area (TPSA) is 49.4 Å². The summed E-state index contributed by atoms with van der Waals surface area (Å²) in [5.74, 6) is 0.715. The summed E-state index contributed by atoms with van der Waals surface area (Å²) < 4.78 is 0. The van der Waals surface area contributed by atoms with E-state index in [1.165, 1.54) is 0 Å². The van der Waals surface area contributed by atoms with E-state index in [1.54, 1.807) is 11.9 Å². The van der Waals surface area contributed by atoms with Gasteiger partial charge in [-0.3, -0.25) is 14.5 Å². The second-order valence-corrected chi connectivity index (χ2v) is 5.15. The number of Topliss-reactive ketones (excluding diaryl/α,β-unsaturated/α-hetero) is 1. The lowest BCUT2D eigenvalue weighted by Gasteiger charge is -2.17. The van der Waals surface area contributed by atoms with Crippen molar-refractivity contribution >= 4 is 11.7 Å². The molecule has 0 radical (unpaired) electrons. The third kappa shape index (κ3) is 7.91. The number of amides is 1. The predicted octanol–water partition coefficient (Wildman–Crippen LogP) is 1.31. The Hall–Kier alpha value is -0.900. The highest BCUT2D eigenvalue weighted by Gasteiger charge is 2.14. The molecule has 0 aromatic carbocycles. The van der Waals surface area contributed by atoms with Crippen LogP contribution in [0, 0.1) is 11.8 Å². The number of carbonyl (C=O) groups excluding carboxylic acids is 2. The molecule has 1 unspecified atom stereocenters. The van der Waals surface area contributed by atoms with Crippen LogP contribution in [0.4, 0.5) is 0 Å². The second kappa shape index (κ2) is 8.23. The Kier molecular flexibility index (Phi) is 7.79. The molecule has 1 N–H and O–H groups in total. The highest BCUT2D eigenvalue weighted by atomic mass is 16.2. The zero-order valence-electron chi connectivity index (χ0n) is 11.7. The number of ketones is 1. The lowest BCUT2D eigenvalue weighted by atomic mass is 10.0. The zero-order chi connectivity index (χ0) is 13.4. The molecule has 17 heavy (non-hydrogen) atoms. The largest absolute Gasteiger partial charge is 0.355 e. The monoisotopic (exact) mass is 242 g/mol. The van der Waals surface area contributed by atoms with E-state index in [2.05, 4.69) is 19.2 Å². The number of rotatable bonds is 8. The van der Waals surface area contributed by atoms with Gasteiger partial charge in [0.15, 0.2) is 0 Å². The number of nitrogens with zero attached hydrogens (tertiary/aromatic N) is 1. The van der Waals surface area contributed by atoms with Gasteiger partial charge in [0.05, 0.1) is 13.1 Å². The lowest BCUT2D eigenvalue weighted by Crippen LogP contribution is -2.39. The molecule has 4 heteroatoms. The molecule has 100 valence electrons. The van der Waals surface area contributed by atoms with E-state index in [0.29, 0.717) is 19.0 Å². The smallest absolute Gasteiger partial charge is 0.234 e. The minimum absolute atomic E-state index is 0.0156. The first-order valence-corrected chi connectivity index (χ1v) is 6.34. The van der Waals surface area contributed by atoms with Crippen LogP contribution < -0.4 is 5.32 Å². The van der Waals surface area contributed by atoms with Crippen molar-refractivity contribution in [1.29, 1.82) is 0 Å². The molecule has 0 aliphatic rings. The molecular formula is C13H26N2O2. The molecule has 0 bridgehead atoms. The highest BCUT2D eigenvalue weighted by molar-refractivity contribution is 5.83. The van der Waals surface area contributed by atoms with Crippen LogP contribution in [0.1, 0.15) is 34.1 Å². The maximum Gasteiger partial charge on any atom is 0.234 e. The normalized spacial score (nSPS) is 12.9. The molecule has 1 amide bonds. The van der Waals surface area contributed by atoms with E-state index in [0.717, 1.165) is 6.42 Å². The standard InChI is InChI=1S/C13H26N2O2/c1-6-11(4)12(16)8-15(5)9-13(17)14-7-10(2)3/h10-11H,6-9H2,1-5H3,(H,14,17). The molecule has 0 spiro atoms. The molecule has 4 nitrogen and oxygen atoms in total. The Bertz CT molecular complexity index is 252. The molecule has 0 saturated carbocycles. The second-order valence-electron chi connectivity index (χ2n) is 5.15. The number of nitrogens with one attached hydrogen (secondary N) is 1. The minimum Gasteiger partial charge on any atom is -0.355 e. The molecule has 0 aliphatic carbocycles. The van der Waals surface area contributed by atoms with E-state index in [4.69, 9.17) is 0 Å². The maximum absolute atomic E-state index is 11.7. The lowest BCUT2D eigenvalue weighted by molar-refractivity contribution is -0.125. The quantitative estimate of drug-likeness (QED) is 0.698. The van der Waals surface area contributed by atoms with Gasteiger partial charge in [-0.15, -0.1) is 0 Å². The molecule has 0 rings (SSSR count). The number of likely N-dealkylation sites (N-methyl/N-ethyl adjacent to an activating group) is 1. The highest BCUT2D eigenvalue weighted by Crippen LogP contribution is 2.02. The van der Waals surface area contributed by atoms with Gasteiger partial charge in [-0.1, -0.05) is 27.7 Å². The van der Waals surface area contributed by atoms with E-state index in [1.807, 2.05) is 13.8 Å². The average Bonchev–Trinajstić information content (AvgIpc) is 2.24. The first-order valence-electron chi connectivity index (χ1n) is 6.34. The third-order valence-electron chi connectivity index (χ3n) is 2.71. The van der Waals surface area contributed by atoms with Gasteiger partial charge in [0, 0.05) is 12.5 Å². The molecule has 1 atom stereocenters. The summed E-state index contributed by atoms with van der Waals surface area (Å²) in [7, 11) is 1.80. The van der Waals surface area contributed by atoms with Crippen molar-refractivity contribution in [1.82, 2.24) is 10.2 Å². The van der Waals surface area contributed by atoms with E-state index in [9.17, 15) is 9.59 Å². The Balaban J connectivity index is 3.89. The molecule has 0 aromatic heterocycles. The summed E-state index contributed by atoms with van der Waals surface area (Å²) in [5.41, 5.74) is 0. The Morgan fingerprint density at radius 2 is 1.76 bits per heavy atom. The molecule has 0 saturated heterocycles. The van der Waals surface area contributed by atoms with Crippen molar-refractivity contribution in [3.05, 3.63) is 0 Å². The Morgan fingerprint density at radius 1 is 1.18 bits per heavy atom. The molecular weight excluding hydrogens is 216 g/mol. The summed E-state index contributed by atoms with van der Waals surface area (Å²) in [6, 6.07) is 0. The average molecular weight is 242 g/mol. The summed E-state index contributed by atoms with van der Waals surface area (Å²) in [6.45, 7) is 9.35. The fourth-order valence-corrected chi connectivity index (χ4v) is 1.32. The van der Waals surface area contributed by atoms with Gasteiger partial charge >= 0.3 is 0 Å². The van der Waals surface area contributed by atoms with Crippen molar-refractivity contribution in [3.63, 3.8) is 0 Å². The number of hydrogen-bond donors (Lipinski definition) is 1. The van der Waals surface area contributed by atoms with Crippen molar-refractivity contribution in [2.45, 2.75) is 34.1 Å². The van der Waals surface area contributed by atoms with Gasteiger partial charge < -0.3 is 5.32 Å². The van der Waals surface area contributed by atoms with Crippen LogP contribution in [0.3, 0.4) is 0 Å². The SMILES string of the molecule is CCC(C)C(=O)CN(C)CC(=O)NCC(C)C. The van der Waals surface area contributed by atoms with Gasteiger partial charge in [0.2, 0.25) is 5.91 Å². The molecule has 0 heterocycles. The van der Waals surface area contributed by atoms with Crippen LogP contribution in [0.2, 0.25) is 0 Å². The first kappa shape index (κ1) is 16.1. The summed E-state index contributed by atoms with van der Waals surface area (Å²) in [4.78, 5) is 24.9. The number of carbonyl (C=O) groups is 2. The van der Waals surface area contributed by atoms with Crippen molar-refractivity contribution in [2.75, 3.05) is 26.7 Å². The first-order chi connectivity index (χ1) is 7.86. The van der Waals surface area contributed by atoms with E-state index >= 15 is 0 Å². The fraction of sp³-hybridized carbons (Fsp3) is 0.846. The summed E-state index contributed by atoms with van der Waals surface area (Å²) >= 11 is 0. The van der Waals surface area contributed by atoms with E-state index < -0.39 is 0 Å². The van der Waals surface area contributed by atoms with Gasteiger partial charge in [-0.05, 0) is 19.4 Å². The summed E-state index contributed by atoms with van der Waals surface area (Å²) in [6.07, 6.45) is 0.853. The third-order valence-corrected chi connectivity index (χ3v) is 2.71. The Morgan fingerprint density at radius 3 is 2.24 bits per heavy atom. The minimum atomic E-state index is -0.0156. The molecule has 0 aromatic rings. The van der Waals surface area contributed by atoms with Gasteiger partial charge in [0.1, 0.15) is 5.78 Å². The van der Waals surface area contributed by atoms with Crippen LogP contribution in [-0.4, -0.2) is 43.3 Å². The van der Waals surface area contributed by atoms with Crippen LogP contribution in [0.15, 0.2) is 0 Å². The van der Waals surface area contributed by atoms with Gasteiger partial charge in [-0.25, -0.2) is 0 Å². The van der Waals surface area contributed by atoms with Crippen molar-refractivity contribution < 1.29 is 9.59 Å². The predicted molar refractivity (Wildman–Crippen MR) is 69.8 cm³/mol. The fourth-order valence-electron chi connectivity index (χ4n) is 1.32. The zero-order valence-corrected chi connectivity index (χ0v) is 11.7. The molecule has 0 aliphatic heterocycles. The van der Waals surface area contributed by atoms with Crippen LogP contribution in [-0.2, 0) is 9.59 Å². The van der Waals surface area contributed by atoms with E-state index in [-0.39, 0.29) is 24.2 Å². The van der Waals surface area contributed by atoms with Crippen molar-refractivity contribution in [3.8, 4) is 0 Å². The van der Waals surface area contributed by atoms with Gasteiger partial charge in [0.25, 0.3) is 0 Å². The van der Waals surface area contributed by atoms with Crippen LogP contribution in [0.25, 0.3) is 0 Å². The van der Waals surface area contributed by atoms with Crippen molar-refractivity contribution in [2.24, 2.45) is 11.8 Å². The number of hydrogen-bond acceptors (Lipinski definition) is 3. The van der Waals surface area contributed by atoms with Crippen LogP contribution in [0.5, 0.6) is 0 Å².